The first kappa shape index (κ1) is 16.2. The Labute approximate surface area is 137 Å². The van der Waals surface area contributed by atoms with E-state index >= 15 is 0 Å². The molecule has 6 heteroatoms. The average Bonchev–Trinajstić information content (AvgIpc) is 2.90. The largest absolute Gasteiger partial charge is 0.340 e. The molecule has 0 N–H and O–H groups in total. The summed E-state index contributed by atoms with van der Waals surface area (Å²) >= 11 is 5.08. The number of carbonyl (C=O) groups is 2. The summed E-state index contributed by atoms with van der Waals surface area (Å²) < 4.78 is 1.08. The number of rotatable bonds is 4. The van der Waals surface area contributed by atoms with Crippen LogP contribution in [0.4, 0.5) is 0 Å². The van der Waals surface area contributed by atoms with Gasteiger partial charge in [-0.2, -0.15) is 0 Å². The molecule has 2 amide bonds. The van der Waals surface area contributed by atoms with Crippen LogP contribution in [-0.4, -0.2) is 41.8 Å². The van der Waals surface area contributed by atoms with Crippen molar-refractivity contribution < 1.29 is 9.59 Å². The second kappa shape index (κ2) is 7.22. The molecule has 0 saturated carbocycles. The van der Waals surface area contributed by atoms with E-state index in [0.717, 1.165) is 21.5 Å². The first-order valence-corrected chi connectivity index (χ1v) is 8.52. The molecule has 21 heavy (non-hydrogen) atoms. The Balaban J connectivity index is 1.86. The molecule has 0 unspecified atom stereocenters. The van der Waals surface area contributed by atoms with E-state index < -0.39 is 0 Å². The number of thiophene rings is 1. The number of nitrogens with zero attached hydrogens (tertiary/aromatic N) is 2. The first-order chi connectivity index (χ1) is 10.0. The molecule has 0 radical (unpaired) electrons. The summed E-state index contributed by atoms with van der Waals surface area (Å²) in [6.07, 6.45) is 2.80. The van der Waals surface area contributed by atoms with Crippen LogP contribution < -0.4 is 0 Å². The highest BCUT2D eigenvalue weighted by Gasteiger charge is 2.28. The summed E-state index contributed by atoms with van der Waals surface area (Å²) in [5.41, 5.74) is 0. The Morgan fingerprint density at radius 1 is 1.48 bits per heavy atom. The Kier molecular flexibility index (Phi) is 5.58. The van der Waals surface area contributed by atoms with Gasteiger partial charge in [-0.3, -0.25) is 9.59 Å². The van der Waals surface area contributed by atoms with Crippen molar-refractivity contribution in [3.63, 3.8) is 0 Å². The molecule has 1 saturated heterocycles. The minimum atomic E-state index is -0.0438. The Morgan fingerprint density at radius 2 is 2.14 bits per heavy atom. The highest BCUT2D eigenvalue weighted by Crippen LogP contribution is 2.25. The highest BCUT2D eigenvalue weighted by molar-refractivity contribution is 9.11. The molecule has 0 aromatic carbocycles. The van der Waals surface area contributed by atoms with Gasteiger partial charge in [0.25, 0.3) is 0 Å². The summed E-state index contributed by atoms with van der Waals surface area (Å²) in [7, 11) is 1.84. The number of hydrogen-bond acceptors (Lipinski definition) is 3. The van der Waals surface area contributed by atoms with Crippen molar-refractivity contribution in [3.8, 4) is 0 Å². The molecule has 1 aromatic rings. The third-order valence-electron chi connectivity index (χ3n) is 3.73. The normalized spacial score (nSPS) is 15.8. The predicted octanol–water partition coefficient (Wildman–Crippen LogP) is 2.89. The number of amides is 2. The van der Waals surface area contributed by atoms with E-state index in [1.807, 2.05) is 19.2 Å². The quantitative estimate of drug-likeness (QED) is 0.764. The van der Waals surface area contributed by atoms with Crippen LogP contribution in [0, 0.1) is 5.92 Å². The van der Waals surface area contributed by atoms with E-state index in [1.165, 1.54) is 6.08 Å². The van der Waals surface area contributed by atoms with Crippen molar-refractivity contribution in [2.24, 2.45) is 5.92 Å². The number of likely N-dealkylation sites (tertiary alicyclic amines) is 1. The molecular weight excluding hydrogens is 352 g/mol. The second-order valence-corrected chi connectivity index (χ2v) is 7.75. The molecule has 1 aliphatic rings. The van der Waals surface area contributed by atoms with Gasteiger partial charge in [-0.15, -0.1) is 11.3 Å². The summed E-state index contributed by atoms with van der Waals surface area (Å²) in [4.78, 5) is 28.7. The molecule has 1 fully saturated rings. The standard InChI is InChI=1S/C15H19BrN2O2S/c1-3-14(19)18-8-6-11(7-9-18)15(20)17(2)10-12-4-5-13(16)21-12/h3-5,11H,1,6-10H2,2H3. The molecule has 1 aliphatic heterocycles. The minimum absolute atomic E-state index is 0.0206. The molecule has 0 bridgehead atoms. The fraction of sp³-hybridized carbons (Fsp3) is 0.467. The first-order valence-electron chi connectivity index (χ1n) is 6.91. The zero-order valence-corrected chi connectivity index (χ0v) is 14.5. The summed E-state index contributed by atoms with van der Waals surface area (Å²) in [6.45, 7) is 5.41. The van der Waals surface area contributed by atoms with Crippen LogP contribution in [0.25, 0.3) is 0 Å². The topological polar surface area (TPSA) is 40.6 Å². The van der Waals surface area contributed by atoms with Gasteiger partial charge in [0.15, 0.2) is 0 Å². The minimum Gasteiger partial charge on any atom is -0.340 e. The Bertz CT molecular complexity index is 536. The lowest BCUT2D eigenvalue weighted by Crippen LogP contribution is -2.42. The van der Waals surface area contributed by atoms with Crippen LogP contribution in [0.5, 0.6) is 0 Å². The molecule has 0 aliphatic carbocycles. The van der Waals surface area contributed by atoms with Gasteiger partial charge in [0.2, 0.25) is 11.8 Å². The highest BCUT2D eigenvalue weighted by atomic mass is 79.9. The van der Waals surface area contributed by atoms with Gasteiger partial charge in [-0.05, 0) is 47.0 Å². The van der Waals surface area contributed by atoms with E-state index in [4.69, 9.17) is 0 Å². The molecule has 114 valence electrons. The lowest BCUT2D eigenvalue weighted by atomic mass is 9.95. The van der Waals surface area contributed by atoms with Crippen molar-refractivity contribution in [1.29, 1.82) is 0 Å². The van der Waals surface area contributed by atoms with Crippen LogP contribution in [0.15, 0.2) is 28.6 Å². The molecular formula is C15H19BrN2O2S. The van der Waals surface area contributed by atoms with E-state index in [2.05, 4.69) is 22.5 Å². The number of halogens is 1. The van der Waals surface area contributed by atoms with Gasteiger partial charge in [0, 0.05) is 30.9 Å². The lowest BCUT2D eigenvalue weighted by Gasteiger charge is -2.32. The van der Waals surface area contributed by atoms with Crippen LogP contribution in [-0.2, 0) is 16.1 Å². The monoisotopic (exact) mass is 370 g/mol. The van der Waals surface area contributed by atoms with Crippen molar-refractivity contribution in [2.75, 3.05) is 20.1 Å². The van der Waals surface area contributed by atoms with E-state index in [0.29, 0.717) is 19.6 Å². The van der Waals surface area contributed by atoms with Crippen LogP contribution in [0.2, 0.25) is 0 Å². The Morgan fingerprint density at radius 3 is 2.67 bits per heavy atom. The molecule has 0 atom stereocenters. The number of carbonyl (C=O) groups excluding carboxylic acids is 2. The van der Waals surface area contributed by atoms with Crippen molar-refractivity contribution in [2.45, 2.75) is 19.4 Å². The van der Waals surface area contributed by atoms with E-state index in [1.54, 1.807) is 21.1 Å². The van der Waals surface area contributed by atoms with Gasteiger partial charge in [-0.25, -0.2) is 0 Å². The molecule has 2 heterocycles. The molecule has 0 spiro atoms. The second-order valence-electron chi connectivity index (χ2n) is 5.20. The predicted molar refractivity (Wildman–Crippen MR) is 88.0 cm³/mol. The van der Waals surface area contributed by atoms with Gasteiger partial charge in [0.05, 0.1) is 10.3 Å². The average molecular weight is 371 g/mol. The summed E-state index contributed by atoms with van der Waals surface area (Å²) in [5.74, 6) is 0.148. The number of piperidine rings is 1. The maximum absolute atomic E-state index is 12.5. The van der Waals surface area contributed by atoms with Crippen molar-refractivity contribution in [1.82, 2.24) is 9.80 Å². The van der Waals surface area contributed by atoms with Crippen LogP contribution in [0.1, 0.15) is 17.7 Å². The van der Waals surface area contributed by atoms with Gasteiger partial charge in [-0.1, -0.05) is 6.58 Å². The third-order valence-corrected chi connectivity index (χ3v) is 5.34. The van der Waals surface area contributed by atoms with Gasteiger partial charge < -0.3 is 9.80 Å². The smallest absolute Gasteiger partial charge is 0.245 e. The van der Waals surface area contributed by atoms with E-state index in [9.17, 15) is 9.59 Å². The van der Waals surface area contributed by atoms with Crippen LogP contribution >= 0.6 is 27.3 Å². The Hall–Kier alpha value is -1.14. The fourth-order valence-corrected chi connectivity index (χ4v) is 4.07. The SMILES string of the molecule is C=CC(=O)N1CCC(C(=O)N(C)Cc2ccc(Br)s2)CC1. The maximum Gasteiger partial charge on any atom is 0.245 e. The van der Waals surface area contributed by atoms with Crippen LogP contribution in [0.3, 0.4) is 0 Å². The summed E-state index contributed by atoms with van der Waals surface area (Å²) in [5, 5.41) is 0. The van der Waals surface area contributed by atoms with Gasteiger partial charge >= 0.3 is 0 Å². The van der Waals surface area contributed by atoms with Crippen molar-refractivity contribution in [3.05, 3.63) is 33.5 Å². The zero-order chi connectivity index (χ0) is 15.4. The van der Waals surface area contributed by atoms with Gasteiger partial charge in [0.1, 0.15) is 0 Å². The third kappa shape index (κ3) is 4.17. The number of hydrogen-bond donors (Lipinski definition) is 0. The lowest BCUT2D eigenvalue weighted by molar-refractivity contribution is -0.138. The zero-order valence-electron chi connectivity index (χ0n) is 12.0. The van der Waals surface area contributed by atoms with E-state index in [-0.39, 0.29) is 17.7 Å². The van der Waals surface area contributed by atoms with Crippen molar-refractivity contribution >= 4 is 39.1 Å². The molecule has 4 nitrogen and oxygen atoms in total. The molecule has 1 aromatic heterocycles. The summed E-state index contributed by atoms with van der Waals surface area (Å²) in [6, 6.07) is 4.03. The maximum atomic E-state index is 12.5. The molecule has 2 rings (SSSR count). The fourth-order valence-electron chi connectivity index (χ4n) is 2.54.